The maximum atomic E-state index is 13.7. The standard InChI is InChI=1S/C22H25FN2O3/c23-21-9-2-1-5-17(21)11-16-13-25(14-16)22(26)24-18-6-3-7-19(12-18)28-15-20-8-4-10-27-20/h1-3,5-7,9,12,16,20H,4,8,10-11,13-15H2,(H,24,26)/t20-/m1/s1. The van der Waals surface area contributed by atoms with Gasteiger partial charge in [-0.05, 0) is 48.9 Å². The molecule has 28 heavy (non-hydrogen) atoms. The highest BCUT2D eigenvalue weighted by Crippen LogP contribution is 2.24. The van der Waals surface area contributed by atoms with Gasteiger partial charge in [0.2, 0.25) is 0 Å². The van der Waals surface area contributed by atoms with Crippen molar-refractivity contribution >= 4 is 11.7 Å². The van der Waals surface area contributed by atoms with E-state index in [-0.39, 0.29) is 18.0 Å². The van der Waals surface area contributed by atoms with Gasteiger partial charge in [0, 0.05) is 31.5 Å². The lowest BCUT2D eigenvalue weighted by Gasteiger charge is -2.39. The molecule has 2 saturated heterocycles. The lowest BCUT2D eigenvalue weighted by Crippen LogP contribution is -2.52. The van der Waals surface area contributed by atoms with E-state index in [2.05, 4.69) is 5.32 Å². The first-order valence-corrected chi connectivity index (χ1v) is 9.81. The van der Waals surface area contributed by atoms with Crippen LogP contribution in [-0.2, 0) is 11.2 Å². The number of carbonyl (C=O) groups excluding carboxylic acids is 1. The minimum atomic E-state index is -0.176. The Labute approximate surface area is 164 Å². The fourth-order valence-electron chi connectivity index (χ4n) is 3.67. The summed E-state index contributed by atoms with van der Waals surface area (Å²) in [4.78, 5) is 14.2. The van der Waals surface area contributed by atoms with E-state index in [0.29, 0.717) is 49.0 Å². The van der Waals surface area contributed by atoms with Gasteiger partial charge in [-0.25, -0.2) is 9.18 Å². The average Bonchev–Trinajstić information content (AvgIpc) is 3.18. The third-order valence-electron chi connectivity index (χ3n) is 5.26. The van der Waals surface area contributed by atoms with Crippen molar-refractivity contribution in [3.05, 3.63) is 59.9 Å². The molecule has 0 unspecified atom stereocenters. The normalized spacial score (nSPS) is 19.3. The van der Waals surface area contributed by atoms with E-state index in [0.717, 1.165) is 19.4 Å². The highest BCUT2D eigenvalue weighted by Gasteiger charge is 2.31. The lowest BCUT2D eigenvalue weighted by molar-refractivity contribution is 0.0680. The number of amides is 2. The number of carbonyl (C=O) groups is 1. The Kier molecular flexibility index (Phi) is 5.76. The molecule has 2 aromatic carbocycles. The molecule has 0 saturated carbocycles. The number of ether oxygens (including phenoxy) is 2. The summed E-state index contributed by atoms with van der Waals surface area (Å²) in [5, 5.41) is 2.91. The molecule has 2 aromatic rings. The molecule has 0 aromatic heterocycles. The van der Waals surface area contributed by atoms with Crippen LogP contribution in [0.4, 0.5) is 14.9 Å². The second kappa shape index (κ2) is 8.61. The molecule has 6 heteroatoms. The number of urea groups is 1. The van der Waals surface area contributed by atoms with Crippen LogP contribution in [0.1, 0.15) is 18.4 Å². The van der Waals surface area contributed by atoms with Crippen molar-refractivity contribution in [3.63, 3.8) is 0 Å². The quantitative estimate of drug-likeness (QED) is 0.816. The first-order chi connectivity index (χ1) is 13.7. The van der Waals surface area contributed by atoms with Crippen LogP contribution in [0.5, 0.6) is 5.75 Å². The van der Waals surface area contributed by atoms with Crippen LogP contribution in [0.3, 0.4) is 0 Å². The van der Waals surface area contributed by atoms with Crippen molar-refractivity contribution in [1.82, 2.24) is 4.90 Å². The number of nitrogens with one attached hydrogen (secondary N) is 1. The Morgan fingerprint density at radius 2 is 2.07 bits per heavy atom. The highest BCUT2D eigenvalue weighted by atomic mass is 19.1. The molecule has 2 aliphatic rings. The van der Waals surface area contributed by atoms with Gasteiger partial charge in [-0.15, -0.1) is 0 Å². The zero-order valence-electron chi connectivity index (χ0n) is 15.8. The first kappa shape index (κ1) is 18.7. The number of nitrogens with zero attached hydrogens (tertiary/aromatic N) is 1. The van der Waals surface area contributed by atoms with E-state index in [9.17, 15) is 9.18 Å². The van der Waals surface area contributed by atoms with Gasteiger partial charge >= 0.3 is 6.03 Å². The number of hydrogen-bond acceptors (Lipinski definition) is 3. The van der Waals surface area contributed by atoms with Crippen LogP contribution in [0.15, 0.2) is 48.5 Å². The summed E-state index contributed by atoms with van der Waals surface area (Å²) >= 11 is 0. The van der Waals surface area contributed by atoms with E-state index in [1.807, 2.05) is 30.3 Å². The average molecular weight is 384 g/mol. The first-order valence-electron chi connectivity index (χ1n) is 9.81. The number of rotatable bonds is 6. The molecule has 1 N–H and O–H groups in total. The zero-order valence-corrected chi connectivity index (χ0v) is 15.8. The smallest absolute Gasteiger partial charge is 0.321 e. The van der Waals surface area contributed by atoms with Gasteiger partial charge in [0.1, 0.15) is 18.2 Å². The van der Waals surface area contributed by atoms with Crippen molar-refractivity contribution in [3.8, 4) is 5.75 Å². The summed E-state index contributed by atoms with van der Waals surface area (Å²) in [6, 6.07) is 14.1. The molecule has 2 fully saturated rings. The minimum Gasteiger partial charge on any atom is -0.491 e. The highest BCUT2D eigenvalue weighted by molar-refractivity contribution is 5.90. The Balaban J connectivity index is 1.24. The van der Waals surface area contributed by atoms with E-state index in [1.165, 1.54) is 6.07 Å². The molecule has 1 atom stereocenters. The summed E-state index contributed by atoms with van der Waals surface area (Å²) in [6.45, 7) is 2.60. The number of benzene rings is 2. The Morgan fingerprint density at radius 1 is 1.21 bits per heavy atom. The molecule has 2 amide bonds. The second-order valence-corrected chi connectivity index (χ2v) is 7.47. The maximum absolute atomic E-state index is 13.7. The summed E-state index contributed by atoms with van der Waals surface area (Å²) in [5.74, 6) is 0.836. The third-order valence-corrected chi connectivity index (χ3v) is 5.26. The number of halogens is 1. The van der Waals surface area contributed by atoms with Crippen molar-refractivity contribution in [1.29, 1.82) is 0 Å². The number of likely N-dealkylation sites (tertiary alicyclic amines) is 1. The van der Waals surface area contributed by atoms with Crippen LogP contribution < -0.4 is 10.1 Å². The topological polar surface area (TPSA) is 50.8 Å². The summed E-state index contributed by atoms with van der Waals surface area (Å²) in [7, 11) is 0. The molecule has 5 nitrogen and oxygen atoms in total. The lowest BCUT2D eigenvalue weighted by atomic mass is 9.92. The molecule has 0 aliphatic carbocycles. The molecule has 0 radical (unpaired) electrons. The monoisotopic (exact) mass is 384 g/mol. The van der Waals surface area contributed by atoms with Crippen LogP contribution in [0, 0.1) is 11.7 Å². The minimum absolute atomic E-state index is 0.138. The fraction of sp³-hybridized carbons (Fsp3) is 0.409. The third kappa shape index (κ3) is 4.62. The van der Waals surface area contributed by atoms with Crippen molar-refractivity contribution in [2.75, 3.05) is 31.6 Å². The van der Waals surface area contributed by atoms with Crippen LogP contribution >= 0.6 is 0 Å². The summed E-state index contributed by atoms with van der Waals surface area (Å²) in [6.07, 6.45) is 2.92. The van der Waals surface area contributed by atoms with Crippen molar-refractivity contribution in [2.45, 2.75) is 25.4 Å². The van der Waals surface area contributed by atoms with E-state index >= 15 is 0 Å². The molecule has 2 heterocycles. The predicted molar refractivity (Wildman–Crippen MR) is 105 cm³/mol. The van der Waals surface area contributed by atoms with E-state index in [4.69, 9.17) is 9.47 Å². The summed E-state index contributed by atoms with van der Waals surface area (Å²) < 4.78 is 25.1. The van der Waals surface area contributed by atoms with Crippen LogP contribution in [0.25, 0.3) is 0 Å². The zero-order chi connectivity index (χ0) is 19.3. The second-order valence-electron chi connectivity index (χ2n) is 7.47. The van der Waals surface area contributed by atoms with Gasteiger partial charge in [0.25, 0.3) is 0 Å². The predicted octanol–water partition coefficient (Wildman–Crippen LogP) is 4.09. The molecule has 148 valence electrons. The molecule has 0 spiro atoms. The SMILES string of the molecule is O=C(Nc1cccc(OC[C@H]2CCCO2)c1)N1CC(Cc2ccccc2F)C1. The fourth-order valence-corrected chi connectivity index (χ4v) is 3.67. The van der Waals surface area contributed by atoms with Gasteiger partial charge in [0.05, 0.1) is 6.10 Å². The van der Waals surface area contributed by atoms with Crippen molar-refractivity contribution < 1.29 is 18.7 Å². The van der Waals surface area contributed by atoms with Crippen LogP contribution in [-0.4, -0.2) is 43.3 Å². The van der Waals surface area contributed by atoms with Crippen molar-refractivity contribution in [2.24, 2.45) is 5.92 Å². The molecule has 2 aliphatic heterocycles. The van der Waals surface area contributed by atoms with Gasteiger partial charge in [0.15, 0.2) is 0 Å². The summed E-state index contributed by atoms with van der Waals surface area (Å²) in [5.41, 5.74) is 1.41. The van der Waals surface area contributed by atoms with Gasteiger partial charge < -0.3 is 19.7 Å². The Morgan fingerprint density at radius 3 is 2.86 bits per heavy atom. The molecular weight excluding hydrogens is 359 g/mol. The number of hydrogen-bond donors (Lipinski definition) is 1. The van der Waals surface area contributed by atoms with E-state index in [1.54, 1.807) is 17.0 Å². The molecule has 4 rings (SSSR count). The Bertz CT molecular complexity index is 817. The van der Waals surface area contributed by atoms with Gasteiger partial charge in [-0.3, -0.25) is 0 Å². The molecule has 0 bridgehead atoms. The number of anilines is 1. The Hall–Kier alpha value is -2.60. The maximum Gasteiger partial charge on any atom is 0.321 e. The van der Waals surface area contributed by atoms with Gasteiger partial charge in [-0.1, -0.05) is 24.3 Å². The largest absolute Gasteiger partial charge is 0.491 e. The van der Waals surface area contributed by atoms with Gasteiger partial charge in [-0.2, -0.15) is 0 Å². The molecular formula is C22H25FN2O3. The van der Waals surface area contributed by atoms with E-state index < -0.39 is 0 Å². The van der Waals surface area contributed by atoms with Crippen LogP contribution in [0.2, 0.25) is 0 Å².